The Bertz CT molecular complexity index is 414. The number of hydrogen-bond donors (Lipinski definition) is 0. The lowest BCUT2D eigenvalue weighted by Crippen LogP contribution is -2.33. The predicted octanol–water partition coefficient (Wildman–Crippen LogP) is 4.53. The number of halogens is 2. The molecule has 96 valence electrons. The van der Waals surface area contributed by atoms with Crippen LogP contribution in [0.4, 0.5) is 4.79 Å². The fourth-order valence-electron chi connectivity index (χ4n) is 1.14. The van der Waals surface area contributed by atoms with Crippen molar-refractivity contribution in [2.45, 2.75) is 32.9 Å². The SMILES string of the molecule is CN(Cc1cc(Br)sc1Cl)C(=O)OC(C)(C)C. The summed E-state index contributed by atoms with van der Waals surface area (Å²) in [5.41, 5.74) is 0.432. The maximum absolute atomic E-state index is 11.7. The van der Waals surface area contributed by atoms with Gasteiger partial charge in [0.1, 0.15) is 5.60 Å². The van der Waals surface area contributed by atoms with E-state index >= 15 is 0 Å². The number of carbonyl (C=O) groups is 1. The van der Waals surface area contributed by atoms with E-state index < -0.39 is 5.60 Å². The molecule has 1 amide bonds. The van der Waals surface area contributed by atoms with Crippen LogP contribution in [-0.4, -0.2) is 23.6 Å². The summed E-state index contributed by atoms with van der Waals surface area (Å²) in [5, 5.41) is 0. The van der Waals surface area contributed by atoms with E-state index in [4.69, 9.17) is 16.3 Å². The van der Waals surface area contributed by atoms with Crippen LogP contribution in [0, 0.1) is 0 Å². The van der Waals surface area contributed by atoms with E-state index in [1.165, 1.54) is 16.2 Å². The number of amides is 1. The number of rotatable bonds is 2. The van der Waals surface area contributed by atoms with E-state index in [-0.39, 0.29) is 6.09 Å². The molecule has 0 aromatic carbocycles. The first-order valence-electron chi connectivity index (χ1n) is 5.07. The second-order valence-corrected chi connectivity index (χ2v) is 7.72. The van der Waals surface area contributed by atoms with Crippen LogP contribution < -0.4 is 0 Å². The van der Waals surface area contributed by atoms with E-state index in [1.54, 1.807) is 7.05 Å². The van der Waals surface area contributed by atoms with Gasteiger partial charge in [0.2, 0.25) is 0 Å². The summed E-state index contributed by atoms with van der Waals surface area (Å²) in [6, 6.07) is 1.91. The number of ether oxygens (including phenoxy) is 1. The van der Waals surface area contributed by atoms with Gasteiger partial charge in [0, 0.05) is 12.6 Å². The van der Waals surface area contributed by atoms with Gasteiger partial charge in [-0.25, -0.2) is 4.79 Å². The van der Waals surface area contributed by atoms with Crippen molar-refractivity contribution in [1.82, 2.24) is 4.90 Å². The van der Waals surface area contributed by atoms with Crippen LogP contribution in [0.5, 0.6) is 0 Å². The standard InChI is InChI=1S/C11H15BrClNO2S/c1-11(2,3)16-10(15)14(4)6-7-5-8(12)17-9(7)13/h5H,6H2,1-4H3. The highest BCUT2D eigenvalue weighted by molar-refractivity contribution is 9.11. The van der Waals surface area contributed by atoms with Gasteiger partial charge in [-0.3, -0.25) is 0 Å². The molecule has 0 unspecified atom stereocenters. The molecule has 0 radical (unpaired) electrons. The van der Waals surface area contributed by atoms with Gasteiger partial charge in [-0.05, 0) is 42.8 Å². The molecule has 0 spiro atoms. The number of nitrogens with zero attached hydrogens (tertiary/aromatic N) is 1. The van der Waals surface area contributed by atoms with Crippen LogP contribution in [0.15, 0.2) is 9.85 Å². The fourth-order valence-corrected chi connectivity index (χ4v) is 3.17. The third-order valence-electron chi connectivity index (χ3n) is 1.84. The minimum Gasteiger partial charge on any atom is -0.444 e. The first-order valence-corrected chi connectivity index (χ1v) is 7.05. The fraction of sp³-hybridized carbons (Fsp3) is 0.545. The molecule has 0 saturated carbocycles. The Morgan fingerprint density at radius 2 is 2.18 bits per heavy atom. The van der Waals surface area contributed by atoms with E-state index in [0.717, 1.165) is 9.35 Å². The Morgan fingerprint density at radius 1 is 1.59 bits per heavy atom. The molecule has 1 heterocycles. The normalized spacial score (nSPS) is 11.4. The van der Waals surface area contributed by atoms with Crippen LogP contribution in [-0.2, 0) is 11.3 Å². The molecular formula is C11H15BrClNO2S. The van der Waals surface area contributed by atoms with Crippen LogP contribution in [0.1, 0.15) is 26.3 Å². The summed E-state index contributed by atoms with van der Waals surface area (Å²) in [6.45, 7) is 5.96. The van der Waals surface area contributed by atoms with Crippen molar-refractivity contribution < 1.29 is 9.53 Å². The van der Waals surface area contributed by atoms with Gasteiger partial charge in [0.05, 0.1) is 14.7 Å². The molecule has 1 rings (SSSR count). The molecule has 6 heteroatoms. The first kappa shape index (κ1) is 14.8. The van der Waals surface area contributed by atoms with Crippen molar-refractivity contribution in [1.29, 1.82) is 0 Å². The summed E-state index contributed by atoms with van der Waals surface area (Å²) >= 11 is 10.8. The summed E-state index contributed by atoms with van der Waals surface area (Å²) in [4.78, 5) is 13.2. The number of carbonyl (C=O) groups excluding carboxylic acids is 1. The molecule has 17 heavy (non-hydrogen) atoms. The van der Waals surface area contributed by atoms with Gasteiger partial charge in [-0.15, -0.1) is 11.3 Å². The van der Waals surface area contributed by atoms with Crippen molar-refractivity contribution in [2.24, 2.45) is 0 Å². The molecular weight excluding hydrogens is 326 g/mol. The molecule has 0 aliphatic heterocycles. The molecule has 0 aliphatic rings. The minimum atomic E-state index is -0.482. The summed E-state index contributed by atoms with van der Waals surface area (Å²) in [6.07, 6.45) is -0.351. The smallest absolute Gasteiger partial charge is 0.410 e. The maximum Gasteiger partial charge on any atom is 0.410 e. The zero-order chi connectivity index (χ0) is 13.2. The van der Waals surface area contributed by atoms with Gasteiger partial charge in [-0.1, -0.05) is 11.6 Å². The van der Waals surface area contributed by atoms with E-state index in [1.807, 2.05) is 26.8 Å². The molecule has 0 saturated heterocycles. The van der Waals surface area contributed by atoms with Gasteiger partial charge < -0.3 is 9.64 Å². The Labute approximate surface area is 119 Å². The average molecular weight is 341 g/mol. The molecule has 0 N–H and O–H groups in total. The van der Waals surface area contributed by atoms with E-state index in [9.17, 15) is 4.79 Å². The molecule has 1 aromatic heterocycles. The quantitative estimate of drug-likeness (QED) is 0.791. The number of hydrogen-bond acceptors (Lipinski definition) is 3. The summed E-state index contributed by atoms with van der Waals surface area (Å²) in [5.74, 6) is 0. The zero-order valence-electron chi connectivity index (χ0n) is 10.2. The van der Waals surface area contributed by atoms with Gasteiger partial charge in [-0.2, -0.15) is 0 Å². The van der Waals surface area contributed by atoms with E-state index in [2.05, 4.69) is 15.9 Å². The zero-order valence-corrected chi connectivity index (χ0v) is 13.4. The molecule has 0 atom stereocenters. The molecule has 0 fully saturated rings. The number of thiophene rings is 1. The lowest BCUT2D eigenvalue weighted by atomic mass is 10.2. The second kappa shape index (κ2) is 5.59. The lowest BCUT2D eigenvalue weighted by molar-refractivity contribution is 0.0285. The highest BCUT2D eigenvalue weighted by Gasteiger charge is 2.20. The summed E-state index contributed by atoms with van der Waals surface area (Å²) in [7, 11) is 1.69. The van der Waals surface area contributed by atoms with Crippen molar-refractivity contribution in [3.63, 3.8) is 0 Å². The van der Waals surface area contributed by atoms with Crippen molar-refractivity contribution in [3.05, 3.63) is 19.8 Å². The van der Waals surface area contributed by atoms with Crippen molar-refractivity contribution in [2.75, 3.05) is 7.05 Å². The van der Waals surface area contributed by atoms with Crippen LogP contribution in [0.3, 0.4) is 0 Å². The van der Waals surface area contributed by atoms with Crippen LogP contribution in [0.2, 0.25) is 4.34 Å². The third-order valence-corrected chi connectivity index (χ3v) is 3.78. The van der Waals surface area contributed by atoms with Crippen LogP contribution in [0.25, 0.3) is 0 Å². The highest BCUT2D eigenvalue weighted by Crippen LogP contribution is 2.32. The Balaban J connectivity index is 2.63. The van der Waals surface area contributed by atoms with E-state index in [0.29, 0.717) is 10.9 Å². The topological polar surface area (TPSA) is 29.5 Å². The van der Waals surface area contributed by atoms with Crippen molar-refractivity contribution >= 4 is 45.0 Å². The largest absolute Gasteiger partial charge is 0.444 e. The van der Waals surface area contributed by atoms with Crippen LogP contribution >= 0.6 is 38.9 Å². The molecule has 3 nitrogen and oxygen atoms in total. The van der Waals surface area contributed by atoms with Gasteiger partial charge in [0.25, 0.3) is 0 Å². The lowest BCUT2D eigenvalue weighted by Gasteiger charge is -2.24. The highest BCUT2D eigenvalue weighted by atomic mass is 79.9. The Kier molecular flexibility index (Phi) is 4.86. The van der Waals surface area contributed by atoms with Crippen molar-refractivity contribution in [3.8, 4) is 0 Å². The molecule has 0 aliphatic carbocycles. The molecule has 1 aromatic rings. The maximum atomic E-state index is 11.7. The monoisotopic (exact) mass is 339 g/mol. The minimum absolute atomic E-state index is 0.351. The first-order chi connectivity index (χ1) is 7.69. The Hall–Kier alpha value is -0.260. The Morgan fingerprint density at radius 3 is 2.59 bits per heavy atom. The molecule has 0 bridgehead atoms. The second-order valence-electron chi connectivity index (χ2n) is 4.69. The average Bonchev–Trinajstić information content (AvgIpc) is 2.42. The summed E-state index contributed by atoms with van der Waals surface area (Å²) < 4.78 is 6.90. The third kappa shape index (κ3) is 4.85. The predicted molar refractivity (Wildman–Crippen MR) is 74.7 cm³/mol. The van der Waals surface area contributed by atoms with Gasteiger partial charge >= 0.3 is 6.09 Å². The van der Waals surface area contributed by atoms with Gasteiger partial charge in [0.15, 0.2) is 0 Å².